The molecule has 0 aliphatic carbocycles. The lowest BCUT2D eigenvalue weighted by atomic mass is 10.2. The van der Waals surface area contributed by atoms with Crippen LogP contribution in [0.15, 0.2) is 30.3 Å². The molecular weight excluding hydrogens is 242 g/mol. The summed E-state index contributed by atoms with van der Waals surface area (Å²) in [4.78, 5) is 27.4. The number of likely N-dealkylation sites (N-methyl/N-ethyl adjacent to an activating group) is 1. The zero-order valence-corrected chi connectivity index (χ0v) is 11.3. The van der Waals surface area contributed by atoms with Gasteiger partial charge in [-0.25, -0.2) is 4.79 Å². The van der Waals surface area contributed by atoms with Gasteiger partial charge in [0.2, 0.25) is 5.91 Å². The van der Waals surface area contributed by atoms with Crippen LogP contribution in [-0.4, -0.2) is 48.4 Å². The Balaban J connectivity index is 2.04. The SMILES string of the molecule is CN(C)C(=O)C1CCCN1C(=O)Nc1ccccc1. The maximum Gasteiger partial charge on any atom is 0.322 e. The molecule has 1 unspecified atom stereocenters. The number of nitrogens with zero attached hydrogens (tertiary/aromatic N) is 2. The van der Waals surface area contributed by atoms with Gasteiger partial charge in [-0.2, -0.15) is 0 Å². The first-order chi connectivity index (χ1) is 9.09. The fourth-order valence-electron chi connectivity index (χ4n) is 2.28. The van der Waals surface area contributed by atoms with E-state index in [4.69, 9.17) is 0 Å². The van der Waals surface area contributed by atoms with Crippen LogP contribution in [0.2, 0.25) is 0 Å². The van der Waals surface area contributed by atoms with Crippen molar-refractivity contribution in [1.82, 2.24) is 9.80 Å². The molecule has 1 aromatic rings. The second-order valence-corrected chi connectivity index (χ2v) is 4.88. The van der Waals surface area contributed by atoms with Crippen LogP contribution in [0.25, 0.3) is 0 Å². The Bertz CT molecular complexity index is 459. The first kappa shape index (κ1) is 13.4. The quantitative estimate of drug-likeness (QED) is 0.882. The molecule has 1 atom stereocenters. The number of nitrogens with one attached hydrogen (secondary N) is 1. The summed E-state index contributed by atoms with van der Waals surface area (Å²) >= 11 is 0. The molecule has 1 aliphatic rings. The number of benzene rings is 1. The van der Waals surface area contributed by atoms with Gasteiger partial charge in [0, 0.05) is 26.3 Å². The third kappa shape index (κ3) is 3.05. The first-order valence-corrected chi connectivity index (χ1v) is 6.43. The van der Waals surface area contributed by atoms with Gasteiger partial charge in [-0.05, 0) is 25.0 Å². The van der Waals surface area contributed by atoms with Gasteiger partial charge in [-0.15, -0.1) is 0 Å². The Morgan fingerprint density at radius 3 is 2.58 bits per heavy atom. The molecule has 3 amide bonds. The molecule has 2 rings (SSSR count). The van der Waals surface area contributed by atoms with Crippen molar-refractivity contribution in [3.8, 4) is 0 Å². The average molecular weight is 261 g/mol. The van der Waals surface area contributed by atoms with Crippen molar-refractivity contribution in [1.29, 1.82) is 0 Å². The molecule has 0 spiro atoms. The molecule has 1 aromatic carbocycles. The third-order valence-corrected chi connectivity index (χ3v) is 3.26. The molecule has 1 aliphatic heterocycles. The van der Waals surface area contributed by atoms with Crippen LogP contribution < -0.4 is 5.32 Å². The Morgan fingerprint density at radius 2 is 1.95 bits per heavy atom. The van der Waals surface area contributed by atoms with Crippen LogP contribution in [0, 0.1) is 0 Å². The van der Waals surface area contributed by atoms with Crippen LogP contribution in [0.5, 0.6) is 0 Å². The lowest BCUT2D eigenvalue weighted by Crippen LogP contribution is -2.47. The Labute approximate surface area is 113 Å². The van der Waals surface area contributed by atoms with Gasteiger partial charge >= 0.3 is 6.03 Å². The fraction of sp³-hybridized carbons (Fsp3) is 0.429. The van der Waals surface area contributed by atoms with E-state index in [-0.39, 0.29) is 18.0 Å². The average Bonchev–Trinajstić information content (AvgIpc) is 2.88. The summed E-state index contributed by atoms with van der Waals surface area (Å²) in [5.74, 6) is -0.0132. The summed E-state index contributed by atoms with van der Waals surface area (Å²) in [6.07, 6.45) is 1.60. The number of anilines is 1. The van der Waals surface area contributed by atoms with E-state index in [0.717, 1.165) is 18.5 Å². The standard InChI is InChI=1S/C14H19N3O2/c1-16(2)13(18)12-9-6-10-17(12)14(19)15-11-7-4-3-5-8-11/h3-5,7-8,12H,6,9-10H2,1-2H3,(H,15,19). The number of carbonyl (C=O) groups is 2. The molecular formula is C14H19N3O2. The van der Waals surface area contributed by atoms with Crippen molar-refractivity contribution in [2.75, 3.05) is 26.0 Å². The number of urea groups is 1. The Hall–Kier alpha value is -2.04. The maximum absolute atomic E-state index is 12.2. The number of para-hydroxylation sites is 1. The van der Waals surface area contributed by atoms with Crippen molar-refractivity contribution >= 4 is 17.6 Å². The van der Waals surface area contributed by atoms with Crippen LogP contribution in [0.4, 0.5) is 10.5 Å². The highest BCUT2D eigenvalue weighted by molar-refractivity contribution is 5.94. The molecule has 1 N–H and O–H groups in total. The predicted molar refractivity (Wildman–Crippen MR) is 73.9 cm³/mol. The molecule has 0 saturated carbocycles. The molecule has 1 fully saturated rings. The predicted octanol–water partition coefficient (Wildman–Crippen LogP) is 1.77. The van der Waals surface area contributed by atoms with E-state index < -0.39 is 0 Å². The fourth-order valence-corrected chi connectivity index (χ4v) is 2.28. The van der Waals surface area contributed by atoms with Gasteiger partial charge in [0.1, 0.15) is 6.04 Å². The molecule has 5 heteroatoms. The van der Waals surface area contributed by atoms with Crippen molar-refractivity contribution in [2.45, 2.75) is 18.9 Å². The molecule has 0 radical (unpaired) electrons. The second kappa shape index (κ2) is 5.73. The summed E-state index contributed by atoms with van der Waals surface area (Å²) in [6.45, 7) is 0.628. The number of carbonyl (C=O) groups excluding carboxylic acids is 2. The highest BCUT2D eigenvalue weighted by Gasteiger charge is 2.34. The topological polar surface area (TPSA) is 52.7 Å². The molecule has 102 valence electrons. The normalized spacial score (nSPS) is 18.2. The summed E-state index contributed by atoms with van der Waals surface area (Å²) in [7, 11) is 3.43. The van der Waals surface area contributed by atoms with Crippen LogP contribution in [0.3, 0.4) is 0 Å². The van der Waals surface area contributed by atoms with Crippen LogP contribution in [0.1, 0.15) is 12.8 Å². The first-order valence-electron chi connectivity index (χ1n) is 6.43. The number of amides is 3. The molecule has 19 heavy (non-hydrogen) atoms. The highest BCUT2D eigenvalue weighted by Crippen LogP contribution is 2.20. The van der Waals surface area contributed by atoms with Crippen LogP contribution in [-0.2, 0) is 4.79 Å². The second-order valence-electron chi connectivity index (χ2n) is 4.88. The number of rotatable bonds is 2. The molecule has 1 saturated heterocycles. The van der Waals surface area contributed by atoms with Crippen molar-refractivity contribution in [3.63, 3.8) is 0 Å². The van der Waals surface area contributed by atoms with Crippen molar-refractivity contribution in [2.24, 2.45) is 0 Å². The monoisotopic (exact) mass is 261 g/mol. The largest absolute Gasteiger partial charge is 0.347 e. The van der Waals surface area contributed by atoms with Crippen molar-refractivity contribution in [3.05, 3.63) is 30.3 Å². The summed E-state index contributed by atoms with van der Waals surface area (Å²) in [5.41, 5.74) is 0.746. The summed E-state index contributed by atoms with van der Waals surface area (Å²) in [6, 6.07) is 8.74. The maximum atomic E-state index is 12.2. The van der Waals surface area contributed by atoms with Gasteiger partial charge in [0.05, 0.1) is 0 Å². The Kier molecular flexibility index (Phi) is 4.04. The number of hydrogen-bond donors (Lipinski definition) is 1. The lowest BCUT2D eigenvalue weighted by molar-refractivity contribution is -0.132. The van der Waals surface area contributed by atoms with Gasteiger partial charge in [0.25, 0.3) is 0 Å². The smallest absolute Gasteiger partial charge is 0.322 e. The van der Waals surface area contributed by atoms with Gasteiger partial charge < -0.3 is 15.1 Å². The zero-order chi connectivity index (χ0) is 13.8. The summed E-state index contributed by atoms with van der Waals surface area (Å²) in [5, 5.41) is 2.82. The van der Waals surface area contributed by atoms with Gasteiger partial charge in [-0.1, -0.05) is 18.2 Å². The number of likely N-dealkylation sites (tertiary alicyclic amines) is 1. The van der Waals surface area contributed by atoms with E-state index in [1.54, 1.807) is 23.9 Å². The minimum absolute atomic E-state index is 0.0132. The van der Waals surface area contributed by atoms with E-state index in [1.807, 2.05) is 30.3 Å². The molecule has 0 bridgehead atoms. The lowest BCUT2D eigenvalue weighted by Gasteiger charge is -2.26. The molecule has 0 aromatic heterocycles. The highest BCUT2D eigenvalue weighted by atomic mass is 16.2. The van der Waals surface area contributed by atoms with E-state index in [2.05, 4.69) is 5.32 Å². The van der Waals surface area contributed by atoms with Crippen molar-refractivity contribution < 1.29 is 9.59 Å². The van der Waals surface area contributed by atoms with Crippen LogP contribution >= 0.6 is 0 Å². The molecule has 5 nitrogen and oxygen atoms in total. The van der Waals surface area contributed by atoms with E-state index in [1.165, 1.54) is 0 Å². The summed E-state index contributed by atoms with van der Waals surface area (Å²) < 4.78 is 0. The van der Waals surface area contributed by atoms with E-state index in [9.17, 15) is 9.59 Å². The number of hydrogen-bond acceptors (Lipinski definition) is 2. The van der Waals surface area contributed by atoms with Gasteiger partial charge in [0.15, 0.2) is 0 Å². The minimum atomic E-state index is -0.335. The zero-order valence-electron chi connectivity index (χ0n) is 11.3. The van der Waals surface area contributed by atoms with E-state index >= 15 is 0 Å². The van der Waals surface area contributed by atoms with Gasteiger partial charge in [-0.3, -0.25) is 4.79 Å². The van der Waals surface area contributed by atoms with E-state index in [0.29, 0.717) is 6.54 Å². The Morgan fingerprint density at radius 1 is 1.26 bits per heavy atom. The minimum Gasteiger partial charge on any atom is -0.347 e. The molecule has 1 heterocycles. The third-order valence-electron chi connectivity index (χ3n) is 3.26.